The number of hydrogen-bond acceptors (Lipinski definition) is 3. The third-order valence-electron chi connectivity index (χ3n) is 4.06. The summed E-state index contributed by atoms with van der Waals surface area (Å²) < 4.78 is 0. The highest BCUT2D eigenvalue weighted by atomic mass is 35.5. The minimum Gasteiger partial charge on any atom is -0.326 e. The zero-order valence-electron chi connectivity index (χ0n) is 13.3. The normalized spacial score (nSPS) is 17.2. The van der Waals surface area contributed by atoms with Crippen molar-refractivity contribution >= 4 is 29.2 Å². The van der Waals surface area contributed by atoms with Crippen molar-refractivity contribution in [3.05, 3.63) is 58.7 Å². The first-order valence-corrected chi connectivity index (χ1v) is 8.18. The van der Waals surface area contributed by atoms with Crippen LogP contribution in [-0.4, -0.2) is 27.7 Å². The minimum absolute atomic E-state index is 0.0118. The van der Waals surface area contributed by atoms with E-state index in [-0.39, 0.29) is 11.8 Å². The van der Waals surface area contributed by atoms with Gasteiger partial charge in [-0.15, -0.1) is 0 Å². The Labute approximate surface area is 145 Å². The first-order chi connectivity index (χ1) is 11.5. The predicted molar refractivity (Wildman–Crippen MR) is 92.6 cm³/mol. The molecule has 2 heterocycles. The second-order valence-electron chi connectivity index (χ2n) is 5.91. The highest BCUT2D eigenvalue weighted by molar-refractivity contribution is 6.30. The molecule has 124 valence electrons. The van der Waals surface area contributed by atoms with Crippen molar-refractivity contribution in [3.8, 4) is 0 Å². The lowest BCUT2D eigenvalue weighted by molar-refractivity contribution is -0.133. The van der Waals surface area contributed by atoms with E-state index < -0.39 is 6.04 Å². The Morgan fingerprint density at radius 1 is 1.33 bits per heavy atom. The molecule has 1 aliphatic heterocycles. The molecule has 1 atom stereocenters. The van der Waals surface area contributed by atoms with E-state index in [1.165, 1.54) is 0 Å². The third-order valence-corrected chi connectivity index (χ3v) is 4.32. The Morgan fingerprint density at radius 3 is 2.79 bits per heavy atom. The lowest BCUT2D eigenvalue weighted by Gasteiger charge is -2.24. The first kappa shape index (κ1) is 16.5. The number of nitrogens with one attached hydrogen (secondary N) is 1. The molecule has 0 aliphatic carbocycles. The van der Waals surface area contributed by atoms with E-state index in [2.05, 4.69) is 10.3 Å². The summed E-state index contributed by atoms with van der Waals surface area (Å²) in [6.07, 6.45) is 2.55. The number of nitrogens with zero attached hydrogens (tertiary/aromatic N) is 2. The average molecular weight is 344 g/mol. The van der Waals surface area contributed by atoms with Gasteiger partial charge in [0.2, 0.25) is 11.8 Å². The maximum absolute atomic E-state index is 12.6. The van der Waals surface area contributed by atoms with Gasteiger partial charge in [-0.2, -0.15) is 0 Å². The van der Waals surface area contributed by atoms with Crippen LogP contribution in [0.2, 0.25) is 5.02 Å². The summed E-state index contributed by atoms with van der Waals surface area (Å²) in [5.74, 6) is 0.293. The van der Waals surface area contributed by atoms with Crippen molar-refractivity contribution in [2.45, 2.75) is 32.4 Å². The molecule has 0 radical (unpaired) electrons. The highest BCUT2D eigenvalue weighted by Crippen LogP contribution is 2.23. The van der Waals surface area contributed by atoms with Crippen LogP contribution in [0, 0.1) is 6.92 Å². The second-order valence-corrected chi connectivity index (χ2v) is 6.35. The van der Waals surface area contributed by atoms with Gasteiger partial charge in [0.1, 0.15) is 11.9 Å². The van der Waals surface area contributed by atoms with E-state index in [1.807, 2.05) is 25.1 Å². The van der Waals surface area contributed by atoms with Crippen LogP contribution in [0.4, 0.5) is 5.82 Å². The number of benzene rings is 1. The van der Waals surface area contributed by atoms with Crippen molar-refractivity contribution in [2.75, 3.05) is 5.32 Å². The molecular formula is C18H18ClN3O2. The number of anilines is 1. The molecule has 1 N–H and O–H groups in total. The zero-order chi connectivity index (χ0) is 17.1. The molecule has 6 heteroatoms. The quantitative estimate of drug-likeness (QED) is 0.927. The number of carbonyl (C=O) groups excluding carboxylic acids is 2. The minimum atomic E-state index is -0.476. The molecule has 1 aromatic carbocycles. The van der Waals surface area contributed by atoms with Gasteiger partial charge in [-0.05, 0) is 48.7 Å². The first-order valence-electron chi connectivity index (χ1n) is 7.80. The number of hydrogen-bond donors (Lipinski definition) is 1. The fourth-order valence-electron chi connectivity index (χ4n) is 2.81. The van der Waals surface area contributed by atoms with Crippen molar-refractivity contribution in [3.63, 3.8) is 0 Å². The molecular weight excluding hydrogens is 326 g/mol. The summed E-state index contributed by atoms with van der Waals surface area (Å²) in [7, 11) is 0. The summed E-state index contributed by atoms with van der Waals surface area (Å²) in [4.78, 5) is 30.5. The number of aryl methyl sites for hydroxylation is 1. The third kappa shape index (κ3) is 3.74. The molecule has 5 nitrogen and oxygen atoms in total. The largest absolute Gasteiger partial charge is 0.326 e. The maximum atomic E-state index is 12.6. The summed E-state index contributed by atoms with van der Waals surface area (Å²) in [5, 5.41) is 3.45. The van der Waals surface area contributed by atoms with Gasteiger partial charge in [0.25, 0.3) is 0 Å². The van der Waals surface area contributed by atoms with Gasteiger partial charge in [0.05, 0.1) is 0 Å². The summed E-state index contributed by atoms with van der Waals surface area (Å²) in [6, 6.07) is 10.5. The fourth-order valence-corrected chi connectivity index (χ4v) is 2.93. The Balaban J connectivity index is 1.72. The molecule has 1 fully saturated rings. The summed E-state index contributed by atoms with van der Waals surface area (Å²) >= 11 is 5.89. The second kappa shape index (κ2) is 7.01. The molecule has 3 rings (SSSR count). The highest BCUT2D eigenvalue weighted by Gasteiger charge is 2.36. The molecule has 1 saturated heterocycles. The van der Waals surface area contributed by atoms with Crippen molar-refractivity contribution in [1.82, 2.24) is 9.88 Å². The van der Waals surface area contributed by atoms with E-state index >= 15 is 0 Å². The number of pyridine rings is 1. The van der Waals surface area contributed by atoms with Gasteiger partial charge < -0.3 is 10.2 Å². The van der Waals surface area contributed by atoms with Crippen LogP contribution in [0.3, 0.4) is 0 Å². The Bertz CT molecular complexity index is 761. The van der Waals surface area contributed by atoms with Gasteiger partial charge in [-0.1, -0.05) is 23.7 Å². The number of amides is 2. The zero-order valence-corrected chi connectivity index (χ0v) is 14.1. The van der Waals surface area contributed by atoms with Gasteiger partial charge in [-0.3, -0.25) is 9.59 Å². The van der Waals surface area contributed by atoms with E-state index in [9.17, 15) is 9.59 Å². The van der Waals surface area contributed by atoms with E-state index in [0.717, 1.165) is 11.1 Å². The van der Waals surface area contributed by atoms with Crippen LogP contribution >= 0.6 is 11.6 Å². The van der Waals surface area contributed by atoms with Crippen LogP contribution in [-0.2, 0) is 16.1 Å². The maximum Gasteiger partial charge on any atom is 0.248 e. The van der Waals surface area contributed by atoms with Crippen molar-refractivity contribution in [1.29, 1.82) is 0 Å². The summed E-state index contributed by atoms with van der Waals surface area (Å²) in [6.45, 7) is 2.33. The molecule has 0 unspecified atom stereocenters. The van der Waals surface area contributed by atoms with Gasteiger partial charge in [0.15, 0.2) is 0 Å². The molecule has 2 amide bonds. The standard InChI is InChI=1S/C18H18ClN3O2/c1-12-8-9-20-16(10-12)21-18(24)15-6-7-17(23)22(15)11-13-2-4-14(19)5-3-13/h2-5,8-10,15H,6-7,11H2,1H3,(H,20,21,24)/t15-/m1/s1. The topological polar surface area (TPSA) is 62.3 Å². The van der Waals surface area contributed by atoms with Crippen molar-refractivity contribution in [2.24, 2.45) is 0 Å². The molecule has 0 spiro atoms. The molecule has 1 aliphatic rings. The lowest BCUT2D eigenvalue weighted by atomic mass is 10.1. The molecule has 24 heavy (non-hydrogen) atoms. The fraction of sp³-hybridized carbons (Fsp3) is 0.278. The number of carbonyl (C=O) groups is 2. The Kier molecular flexibility index (Phi) is 4.81. The van der Waals surface area contributed by atoms with E-state index in [1.54, 1.807) is 29.3 Å². The Morgan fingerprint density at radius 2 is 2.08 bits per heavy atom. The molecule has 0 bridgehead atoms. The van der Waals surface area contributed by atoms with Gasteiger partial charge in [0, 0.05) is 24.2 Å². The number of likely N-dealkylation sites (tertiary alicyclic amines) is 1. The molecule has 2 aromatic rings. The molecule has 0 saturated carbocycles. The SMILES string of the molecule is Cc1ccnc(NC(=O)[C@H]2CCC(=O)N2Cc2ccc(Cl)cc2)c1. The van der Waals surface area contributed by atoms with Crippen molar-refractivity contribution < 1.29 is 9.59 Å². The molecule has 1 aromatic heterocycles. The van der Waals surface area contributed by atoms with Crippen LogP contribution in [0.5, 0.6) is 0 Å². The van der Waals surface area contributed by atoms with Crippen LogP contribution in [0.15, 0.2) is 42.6 Å². The smallest absolute Gasteiger partial charge is 0.248 e. The number of halogens is 1. The van der Waals surface area contributed by atoms with Crippen LogP contribution in [0.25, 0.3) is 0 Å². The van der Waals surface area contributed by atoms with Crippen LogP contribution in [0.1, 0.15) is 24.0 Å². The van der Waals surface area contributed by atoms with E-state index in [4.69, 9.17) is 11.6 Å². The Hall–Kier alpha value is -2.40. The van der Waals surface area contributed by atoms with Crippen LogP contribution < -0.4 is 5.32 Å². The van der Waals surface area contributed by atoms with Gasteiger partial charge in [-0.25, -0.2) is 4.98 Å². The monoisotopic (exact) mass is 343 g/mol. The summed E-state index contributed by atoms with van der Waals surface area (Å²) in [5.41, 5.74) is 1.96. The van der Waals surface area contributed by atoms with E-state index in [0.29, 0.717) is 30.2 Å². The van der Waals surface area contributed by atoms with Gasteiger partial charge >= 0.3 is 0 Å². The average Bonchev–Trinajstić information content (AvgIpc) is 2.91. The lowest BCUT2D eigenvalue weighted by Crippen LogP contribution is -2.41. The number of rotatable bonds is 4. The predicted octanol–water partition coefficient (Wildman–Crippen LogP) is 3.17. The number of aromatic nitrogens is 1.